The monoisotopic (exact) mass is 352 g/mol. The van der Waals surface area contributed by atoms with Crippen LogP contribution in [0.15, 0.2) is 22.6 Å². The van der Waals surface area contributed by atoms with Crippen LogP contribution in [0.5, 0.6) is 0 Å². The van der Waals surface area contributed by atoms with Crippen molar-refractivity contribution in [1.82, 2.24) is 10.2 Å². The molecule has 0 amide bonds. The summed E-state index contributed by atoms with van der Waals surface area (Å²) in [6, 6.07) is 4.65. The quantitative estimate of drug-likeness (QED) is 0.816. The molecular formula is C19H23F3N2O. The third-order valence-electron chi connectivity index (χ3n) is 4.91. The highest BCUT2D eigenvalue weighted by atomic mass is 19.2. The van der Waals surface area contributed by atoms with Gasteiger partial charge in [-0.1, -0.05) is 6.92 Å². The third-order valence-corrected chi connectivity index (χ3v) is 4.91. The van der Waals surface area contributed by atoms with Crippen molar-refractivity contribution in [2.75, 3.05) is 19.6 Å². The van der Waals surface area contributed by atoms with Crippen LogP contribution in [0.25, 0.3) is 11.3 Å². The first kappa shape index (κ1) is 18.0. The summed E-state index contributed by atoms with van der Waals surface area (Å²) in [4.78, 5) is 2.41. The van der Waals surface area contributed by atoms with Gasteiger partial charge in [0.1, 0.15) is 17.3 Å². The minimum atomic E-state index is -1.17. The van der Waals surface area contributed by atoms with Crippen molar-refractivity contribution < 1.29 is 17.6 Å². The minimum Gasteiger partial charge on any atom is -0.460 e. The maximum Gasteiger partial charge on any atom is 0.170 e. The number of nitrogens with zero attached hydrogens (tertiary/aromatic N) is 1. The van der Waals surface area contributed by atoms with Crippen molar-refractivity contribution in [3.63, 3.8) is 0 Å². The molecule has 0 radical (unpaired) electrons. The fraction of sp³-hybridized carbons (Fsp3) is 0.474. The maximum absolute atomic E-state index is 14.1. The molecule has 0 saturated carbocycles. The zero-order chi connectivity index (χ0) is 18.0. The van der Waals surface area contributed by atoms with E-state index in [0.29, 0.717) is 18.3 Å². The maximum atomic E-state index is 14.1. The van der Waals surface area contributed by atoms with Gasteiger partial charge in [0.2, 0.25) is 0 Å². The number of nitrogens with one attached hydrogen (secondary N) is 1. The van der Waals surface area contributed by atoms with E-state index in [1.54, 1.807) is 12.1 Å². The topological polar surface area (TPSA) is 28.4 Å². The highest BCUT2D eigenvalue weighted by Gasteiger charge is 2.20. The molecule has 2 aromatic rings. The zero-order valence-corrected chi connectivity index (χ0v) is 14.5. The van der Waals surface area contributed by atoms with Gasteiger partial charge in [-0.15, -0.1) is 0 Å². The molecule has 1 saturated heterocycles. The summed E-state index contributed by atoms with van der Waals surface area (Å²) in [5, 5.41) is 3.43. The summed E-state index contributed by atoms with van der Waals surface area (Å²) >= 11 is 0. The second-order valence-corrected chi connectivity index (χ2v) is 6.51. The van der Waals surface area contributed by atoms with Gasteiger partial charge < -0.3 is 14.6 Å². The Hall–Kier alpha value is -1.79. The molecule has 1 aliphatic heterocycles. The summed E-state index contributed by atoms with van der Waals surface area (Å²) in [5.41, 5.74) is -0.517. The standard InChI is InChI=1S/C19H23F3N2O/c1-3-24-8-6-13(7-9-24)23-11-14-4-5-17(25-14)15-10-16(20)12(2)18(21)19(15)22/h4-5,10,13,23H,3,6-9,11H2,1-2H3. The molecule has 136 valence electrons. The Bertz CT molecular complexity index is 737. The number of likely N-dealkylation sites (tertiary alicyclic amines) is 1. The summed E-state index contributed by atoms with van der Waals surface area (Å²) in [5.74, 6) is -2.29. The Balaban J connectivity index is 1.65. The van der Waals surface area contributed by atoms with Crippen LogP contribution in [-0.2, 0) is 6.54 Å². The molecular weight excluding hydrogens is 329 g/mol. The number of furan rings is 1. The number of hydrogen-bond acceptors (Lipinski definition) is 3. The van der Waals surface area contributed by atoms with E-state index in [0.717, 1.165) is 38.5 Å². The Labute approximate surface area is 145 Å². The van der Waals surface area contributed by atoms with Crippen molar-refractivity contribution in [3.8, 4) is 11.3 Å². The molecule has 0 bridgehead atoms. The normalized spacial score (nSPS) is 16.5. The van der Waals surface area contributed by atoms with Crippen molar-refractivity contribution in [2.24, 2.45) is 0 Å². The lowest BCUT2D eigenvalue weighted by atomic mass is 10.1. The van der Waals surface area contributed by atoms with Gasteiger partial charge in [0.15, 0.2) is 11.6 Å². The van der Waals surface area contributed by atoms with E-state index < -0.39 is 17.5 Å². The predicted molar refractivity (Wildman–Crippen MR) is 90.7 cm³/mol. The van der Waals surface area contributed by atoms with Crippen LogP contribution in [0.1, 0.15) is 31.1 Å². The Morgan fingerprint density at radius 1 is 1.16 bits per heavy atom. The molecule has 6 heteroatoms. The van der Waals surface area contributed by atoms with Crippen LogP contribution in [0.4, 0.5) is 13.2 Å². The first-order valence-electron chi connectivity index (χ1n) is 8.68. The summed E-state index contributed by atoms with van der Waals surface area (Å²) in [6.45, 7) is 7.10. The van der Waals surface area contributed by atoms with Crippen molar-refractivity contribution in [3.05, 3.63) is 47.0 Å². The molecule has 0 unspecified atom stereocenters. The molecule has 25 heavy (non-hydrogen) atoms. The summed E-state index contributed by atoms with van der Waals surface area (Å²) in [7, 11) is 0. The van der Waals surface area contributed by atoms with Gasteiger partial charge in [-0.25, -0.2) is 13.2 Å². The molecule has 3 rings (SSSR count). The molecule has 1 aromatic carbocycles. The van der Waals surface area contributed by atoms with Crippen molar-refractivity contribution in [2.45, 2.75) is 39.3 Å². The second kappa shape index (κ2) is 7.62. The van der Waals surface area contributed by atoms with Gasteiger partial charge in [0.25, 0.3) is 0 Å². The number of piperidine rings is 1. The lowest BCUT2D eigenvalue weighted by molar-refractivity contribution is 0.204. The third kappa shape index (κ3) is 3.90. The van der Waals surface area contributed by atoms with E-state index in [9.17, 15) is 13.2 Å². The molecule has 0 aliphatic carbocycles. The second-order valence-electron chi connectivity index (χ2n) is 6.51. The van der Waals surface area contributed by atoms with Gasteiger partial charge >= 0.3 is 0 Å². The van der Waals surface area contributed by atoms with Crippen LogP contribution >= 0.6 is 0 Å². The Kier molecular flexibility index (Phi) is 5.49. The molecule has 1 N–H and O–H groups in total. The van der Waals surface area contributed by atoms with Gasteiger partial charge in [0, 0.05) is 11.6 Å². The Morgan fingerprint density at radius 3 is 2.56 bits per heavy atom. The van der Waals surface area contributed by atoms with E-state index in [2.05, 4.69) is 17.1 Å². The highest BCUT2D eigenvalue weighted by Crippen LogP contribution is 2.29. The van der Waals surface area contributed by atoms with E-state index in [-0.39, 0.29) is 16.9 Å². The Morgan fingerprint density at radius 2 is 1.88 bits per heavy atom. The number of hydrogen-bond donors (Lipinski definition) is 1. The first-order chi connectivity index (χ1) is 12.0. The van der Waals surface area contributed by atoms with Crippen LogP contribution < -0.4 is 5.32 Å². The summed E-state index contributed by atoms with van der Waals surface area (Å²) < 4.78 is 47.1. The SMILES string of the molecule is CCN1CCC(NCc2ccc(-c3cc(F)c(C)c(F)c3F)o2)CC1. The lowest BCUT2D eigenvalue weighted by Crippen LogP contribution is -2.42. The number of benzene rings is 1. The molecule has 1 aliphatic rings. The highest BCUT2D eigenvalue weighted by molar-refractivity contribution is 5.59. The largest absolute Gasteiger partial charge is 0.460 e. The number of halogens is 3. The smallest absolute Gasteiger partial charge is 0.170 e. The average Bonchev–Trinajstić information content (AvgIpc) is 3.10. The van der Waals surface area contributed by atoms with Crippen LogP contribution in [0.2, 0.25) is 0 Å². The number of rotatable bonds is 5. The van der Waals surface area contributed by atoms with E-state index in [1.807, 2.05) is 0 Å². The van der Waals surface area contributed by atoms with Gasteiger partial charge in [-0.05, 0) is 57.6 Å². The van der Waals surface area contributed by atoms with E-state index in [1.165, 1.54) is 6.92 Å². The minimum absolute atomic E-state index is 0.132. The van der Waals surface area contributed by atoms with E-state index in [4.69, 9.17) is 4.42 Å². The summed E-state index contributed by atoms with van der Waals surface area (Å²) in [6.07, 6.45) is 2.15. The van der Waals surface area contributed by atoms with Crippen LogP contribution in [0, 0.1) is 24.4 Å². The van der Waals surface area contributed by atoms with Gasteiger partial charge in [0.05, 0.1) is 12.1 Å². The fourth-order valence-electron chi connectivity index (χ4n) is 3.18. The molecule has 2 heterocycles. The first-order valence-corrected chi connectivity index (χ1v) is 8.68. The molecule has 1 fully saturated rings. The molecule has 1 aromatic heterocycles. The van der Waals surface area contributed by atoms with Gasteiger partial charge in [-0.2, -0.15) is 0 Å². The molecule has 0 spiro atoms. The molecule has 3 nitrogen and oxygen atoms in total. The van der Waals surface area contributed by atoms with Crippen molar-refractivity contribution in [1.29, 1.82) is 0 Å². The van der Waals surface area contributed by atoms with Crippen molar-refractivity contribution >= 4 is 0 Å². The molecule has 0 atom stereocenters. The van der Waals surface area contributed by atoms with Crippen LogP contribution in [-0.4, -0.2) is 30.6 Å². The zero-order valence-electron chi connectivity index (χ0n) is 14.5. The predicted octanol–water partition coefficient (Wildman–Crippen LogP) is 4.25. The average molecular weight is 352 g/mol. The lowest BCUT2D eigenvalue weighted by Gasteiger charge is -2.31. The van der Waals surface area contributed by atoms with E-state index >= 15 is 0 Å². The van der Waals surface area contributed by atoms with Crippen LogP contribution in [0.3, 0.4) is 0 Å². The fourth-order valence-corrected chi connectivity index (χ4v) is 3.18. The van der Waals surface area contributed by atoms with Gasteiger partial charge in [-0.3, -0.25) is 0 Å².